The Labute approximate surface area is 97.4 Å². The monoisotopic (exact) mass is 211 g/mol. The summed E-state index contributed by atoms with van der Waals surface area (Å²) in [6.07, 6.45) is 11.4. The van der Waals surface area contributed by atoms with Crippen molar-refractivity contribution in [1.29, 1.82) is 5.26 Å². The van der Waals surface area contributed by atoms with Gasteiger partial charge in [-0.2, -0.15) is 5.26 Å². The van der Waals surface area contributed by atoms with Crippen LogP contribution in [0.5, 0.6) is 0 Å². The van der Waals surface area contributed by atoms with E-state index in [1.165, 1.54) is 37.7 Å². The van der Waals surface area contributed by atoms with Gasteiger partial charge in [0.15, 0.2) is 0 Å². The molecule has 1 saturated carbocycles. The quantitative estimate of drug-likeness (QED) is 0.720. The normalized spacial score (nSPS) is 17.4. The molecule has 1 aliphatic carbocycles. The van der Waals surface area contributed by atoms with Gasteiger partial charge in [-0.25, -0.2) is 0 Å². The van der Waals surface area contributed by atoms with Crippen LogP contribution >= 0.6 is 0 Å². The molecule has 0 amide bonds. The summed E-state index contributed by atoms with van der Waals surface area (Å²) >= 11 is 0. The SMILES string of the molecule is N#Cc1ccc(/C=C/C2CCCCC2)cc1. The van der Waals surface area contributed by atoms with Gasteiger partial charge in [0.2, 0.25) is 0 Å². The second kappa shape index (κ2) is 5.51. The van der Waals surface area contributed by atoms with Gasteiger partial charge in [-0.15, -0.1) is 0 Å². The van der Waals surface area contributed by atoms with Crippen molar-refractivity contribution in [2.24, 2.45) is 5.92 Å². The van der Waals surface area contributed by atoms with Crippen LogP contribution in [0.2, 0.25) is 0 Å². The zero-order valence-corrected chi connectivity index (χ0v) is 9.52. The fourth-order valence-electron chi connectivity index (χ4n) is 2.24. The minimum absolute atomic E-state index is 0.731. The van der Waals surface area contributed by atoms with Gasteiger partial charge < -0.3 is 0 Å². The number of nitrogens with zero attached hydrogens (tertiary/aromatic N) is 1. The highest BCUT2D eigenvalue weighted by atomic mass is 14.2. The van der Waals surface area contributed by atoms with E-state index >= 15 is 0 Å². The number of benzene rings is 1. The molecule has 1 aromatic carbocycles. The average Bonchev–Trinajstić information content (AvgIpc) is 2.38. The number of hydrogen-bond acceptors (Lipinski definition) is 1. The molecule has 1 aromatic rings. The van der Waals surface area contributed by atoms with Gasteiger partial charge >= 0.3 is 0 Å². The molecule has 0 heterocycles. The molecule has 1 fully saturated rings. The number of hydrogen-bond donors (Lipinski definition) is 0. The molecular formula is C15H17N. The molecule has 2 rings (SSSR count). The standard InChI is InChI=1S/C15H17N/c16-12-15-10-8-14(9-11-15)7-6-13-4-2-1-3-5-13/h6-11,13H,1-5H2/b7-6+. The Hall–Kier alpha value is -1.55. The minimum Gasteiger partial charge on any atom is -0.192 e. The summed E-state index contributed by atoms with van der Waals surface area (Å²) in [6, 6.07) is 9.91. The van der Waals surface area contributed by atoms with Crippen LogP contribution in [0.4, 0.5) is 0 Å². The Morgan fingerprint density at radius 1 is 1.06 bits per heavy atom. The highest BCUT2D eigenvalue weighted by molar-refractivity contribution is 5.51. The topological polar surface area (TPSA) is 23.8 Å². The summed E-state index contributed by atoms with van der Waals surface area (Å²) in [7, 11) is 0. The van der Waals surface area contributed by atoms with Crippen LogP contribution in [-0.2, 0) is 0 Å². The first-order valence-corrected chi connectivity index (χ1v) is 6.07. The molecule has 0 N–H and O–H groups in total. The average molecular weight is 211 g/mol. The molecule has 16 heavy (non-hydrogen) atoms. The molecule has 0 spiro atoms. The third-order valence-corrected chi connectivity index (χ3v) is 3.25. The van der Waals surface area contributed by atoms with Gasteiger partial charge in [0.1, 0.15) is 0 Å². The first-order valence-electron chi connectivity index (χ1n) is 6.07. The maximum absolute atomic E-state index is 8.69. The van der Waals surface area contributed by atoms with Crippen LogP contribution in [0.15, 0.2) is 30.3 Å². The summed E-state index contributed by atoms with van der Waals surface area (Å²) in [5.41, 5.74) is 1.93. The van der Waals surface area contributed by atoms with Gasteiger partial charge in [-0.1, -0.05) is 43.5 Å². The largest absolute Gasteiger partial charge is 0.192 e. The van der Waals surface area contributed by atoms with Gasteiger partial charge in [-0.05, 0) is 36.5 Å². The lowest BCUT2D eigenvalue weighted by atomic mass is 9.89. The third kappa shape index (κ3) is 2.97. The predicted octanol–water partition coefficient (Wildman–Crippen LogP) is 4.15. The summed E-state index contributed by atoms with van der Waals surface area (Å²) in [4.78, 5) is 0. The Balaban J connectivity index is 1.97. The van der Waals surface area contributed by atoms with E-state index in [-0.39, 0.29) is 0 Å². The first-order chi connectivity index (χ1) is 7.88. The molecule has 1 aliphatic rings. The smallest absolute Gasteiger partial charge is 0.0991 e. The van der Waals surface area contributed by atoms with Gasteiger partial charge in [0.05, 0.1) is 11.6 Å². The van der Waals surface area contributed by atoms with E-state index in [0.29, 0.717) is 0 Å². The molecule has 0 unspecified atom stereocenters. The van der Waals surface area contributed by atoms with Crippen molar-refractivity contribution in [2.45, 2.75) is 32.1 Å². The first kappa shape index (κ1) is 11.0. The van der Waals surface area contributed by atoms with Crippen LogP contribution in [0.1, 0.15) is 43.2 Å². The maximum atomic E-state index is 8.69. The molecule has 82 valence electrons. The minimum atomic E-state index is 0.731. The summed E-state index contributed by atoms with van der Waals surface area (Å²) < 4.78 is 0. The molecule has 0 radical (unpaired) electrons. The third-order valence-electron chi connectivity index (χ3n) is 3.25. The number of rotatable bonds is 2. The van der Waals surface area contributed by atoms with Crippen molar-refractivity contribution >= 4 is 6.08 Å². The van der Waals surface area contributed by atoms with Gasteiger partial charge in [0, 0.05) is 0 Å². The zero-order valence-electron chi connectivity index (χ0n) is 9.52. The van der Waals surface area contributed by atoms with E-state index in [1.807, 2.05) is 24.3 Å². The van der Waals surface area contributed by atoms with E-state index in [4.69, 9.17) is 5.26 Å². The molecule has 1 nitrogen and oxygen atoms in total. The summed E-state index contributed by atoms with van der Waals surface area (Å²) in [5.74, 6) is 0.768. The zero-order chi connectivity index (χ0) is 11.2. The Morgan fingerprint density at radius 2 is 1.75 bits per heavy atom. The molecule has 0 aromatic heterocycles. The number of nitriles is 1. The van der Waals surface area contributed by atoms with E-state index < -0.39 is 0 Å². The molecule has 1 heteroatoms. The molecule has 0 aliphatic heterocycles. The van der Waals surface area contributed by atoms with E-state index in [0.717, 1.165) is 11.5 Å². The van der Waals surface area contributed by atoms with Crippen LogP contribution < -0.4 is 0 Å². The van der Waals surface area contributed by atoms with Crippen LogP contribution in [-0.4, -0.2) is 0 Å². The maximum Gasteiger partial charge on any atom is 0.0991 e. The van der Waals surface area contributed by atoms with Crippen molar-refractivity contribution in [2.75, 3.05) is 0 Å². The Bertz CT molecular complexity index is 388. The molecular weight excluding hydrogens is 194 g/mol. The van der Waals surface area contributed by atoms with Crippen molar-refractivity contribution in [1.82, 2.24) is 0 Å². The fraction of sp³-hybridized carbons (Fsp3) is 0.400. The lowest BCUT2D eigenvalue weighted by Gasteiger charge is -2.17. The molecule has 0 bridgehead atoms. The van der Waals surface area contributed by atoms with Crippen molar-refractivity contribution < 1.29 is 0 Å². The predicted molar refractivity (Wildman–Crippen MR) is 66.8 cm³/mol. The highest BCUT2D eigenvalue weighted by Gasteiger charge is 2.09. The van der Waals surface area contributed by atoms with Crippen molar-refractivity contribution in [3.05, 3.63) is 41.5 Å². The lowest BCUT2D eigenvalue weighted by molar-refractivity contribution is 0.420. The van der Waals surface area contributed by atoms with Gasteiger partial charge in [-0.3, -0.25) is 0 Å². The van der Waals surface area contributed by atoms with Crippen LogP contribution in [0.25, 0.3) is 6.08 Å². The second-order valence-corrected chi connectivity index (χ2v) is 4.49. The highest BCUT2D eigenvalue weighted by Crippen LogP contribution is 2.25. The lowest BCUT2D eigenvalue weighted by Crippen LogP contribution is -2.02. The van der Waals surface area contributed by atoms with Crippen molar-refractivity contribution in [3.63, 3.8) is 0 Å². The van der Waals surface area contributed by atoms with E-state index in [9.17, 15) is 0 Å². The van der Waals surface area contributed by atoms with Crippen molar-refractivity contribution in [3.8, 4) is 6.07 Å². The fourth-order valence-corrected chi connectivity index (χ4v) is 2.24. The Kier molecular flexibility index (Phi) is 3.77. The molecule has 0 atom stereocenters. The second-order valence-electron chi connectivity index (χ2n) is 4.49. The van der Waals surface area contributed by atoms with E-state index in [2.05, 4.69) is 18.2 Å². The van der Waals surface area contributed by atoms with Gasteiger partial charge in [0.25, 0.3) is 0 Å². The number of allylic oxidation sites excluding steroid dienone is 1. The molecule has 0 saturated heterocycles. The Morgan fingerprint density at radius 3 is 2.38 bits per heavy atom. The van der Waals surface area contributed by atoms with Crippen LogP contribution in [0.3, 0.4) is 0 Å². The van der Waals surface area contributed by atoms with Crippen LogP contribution in [0, 0.1) is 17.2 Å². The van der Waals surface area contributed by atoms with E-state index in [1.54, 1.807) is 0 Å². The summed E-state index contributed by atoms with van der Waals surface area (Å²) in [6.45, 7) is 0. The summed E-state index contributed by atoms with van der Waals surface area (Å²) in [5, 5.41) is 8.69.